The van der Waals surface area contributed by atoms with E-state index in [0.29, 0.717) is 17.2 Å². The van der Waals surface area contributed by atoms with Crippen molar-refractivity contribution in [2.45, 2.75) is 26.4 Å². The number of benzene rings is 1. The normalized spacial score (nSPS) is 11.1. The second-order valence-corrected chi connectivity index (χ2v) is 5.39. The van der Waals surface area contributed by atoms with Gasteiger partial charge in [0.25, 0.3) is 0 Å². The van der Waals surface area contributed by atoms with Gasteiger partial charge >= 0.3 is 0 Å². The van der Waals surface area contributed by atoms with Crippen LogP contribution in [0.15, 0.2) is 18.2 Å². The molecule has 6 nitrogen and oxygen atoms in total. The molecule has 0 fully saturated rings. The summed E-state index contributed by atoms with van der Waals surface area (Å²) in [5, 5.41) is 11.5. The Kier molecular flexibility index (Phi) is 6.45. The SMILES string of the molecule is COc1ccc(NC(=O)COC(C)(C)C)cc1OCCO. The maximum Gasteiger partial charge on any atom is 0.250 e. The largest absolute Gasteiger partial charge is 0.493 e. The van der Waals surface area contributed by atoms with E-state index in [1.54, 1.807) is 18.2 Å². The lowest BCUT2D eigenvalue weighted by molar-refractivity contribution is -0.125. The molecule has 118 valence electrons. The van der Waals surface area contributed by atoms with Crippen molar-refractivity contribution in [3.05, 3.63) is 18.2 Å². The van der Waals surface area contributed by atoms with E-state index in [4.69, 9.17) is 19.3 Å². The standard InChI is InChI=1S/C15H23NO5/c1-15(2,3)21-10-14(18)16-11-5-6-12(19-4)13(9-11)20-8-7-17/h5-6,9,17H,7-8,10H2,1-4H3,(H,16,18). The number of aliphatic hydroxyl groups excluding tert-OH is 1. The molecule has 0 aliphatic heterocycles. The second-order valence-electron chi connectivity index (χ2n) is 5.39. The number of amides is 1. The zero-order valence-electron chi connectivity index (χ0n) is 12.9. The Balaban J connectivity index is 2.68. The van der Waals surface area contributed by atoms with Crippen molar-refractivity contribution in [3.63, 3.8) is 0 Å². The van der Waals surface area contributed by atoms with E-state index in [2.05, 4.69) is 5.32 Å². The van der Waals surface area contributed by atoms with Gasteiger partial charge in [-0.05, 0) is 32.9 Å². The van der Waals surface area contributed by atoms with E-state index < -0.39 is 0 Å². The number of rotatable bonds is 7. The van der Waals surface area contributed by atoms with Crippen molar-refractivity contribution in [2.24, 2.45) is 0 Å². The van der Waals surface area contributed by atoms with Crippen molar-refractivity contribution < 1.29 is 24.1 Å². The number of ether oxygens (including phenoxy) is 3. The number of hydrogen-bond donors (Lipinski definition) is 2. The highest BCUT2D eigenvalue weighted by molar-refractivity contribution is 5.92. The minimum atomic E-state index is -0.368. The highest BCUT2D eigenvalue weighted by Gasteiger charge is 2.13. The van der Waals surface area contributed by atoms with Gasteiger partial charge in [0.1, 0.15) is 13.2 Å². The number of methoxy groups -OCH3 is 1. The molecule has 0 aliphatic rings. The van der Waals surface area contributed by atoms with Crippen LogP contribution in [0, 0.1) is 0 Å². The summed E-state index contributed by atoms with van der Waals surface area (Å²) in [6, 6.07) is 5.04. The van der Waals surface area contributed by atoms with Crippen LogP contribution in [0.2, 0.25) is 0 Å². The van der Waals surface area contributed by atoms with Gasteiger partial charge in [0.05, 0.1) is 19.3 Å². The molecule has 0 atom stereocenters. The quantitative estimate of drug-likeness (QED) is 0.803. The summed E-state index contributed by atoms with van der Waals surface area (Å²) in [4.78, 5) is 11.8. The zero-order chi connectivity index (χ0) is 15.9. The average molecular weight is 297 g/mol. The van der Waals surface area contributed by atoms with E-state index in [9.17, 15) is 4.79 Å². The molecular formula is C15H23NO5. The maximum absolute atomic E-state index is 11.8. The van der Waals surface area contributed by atoms with E-state index >= 15 is 0 Å². The summed E-state index contributed by atoms with van der Waals surface area (Å²) < 4.78 is 15.9. The molecule has 1 aromatic rings. The Morgan fingerprint density at radius 2 is 2.00 bits per heavy atom. The van der Waals surface area contributed by atoms with Crippen LogP contribution in [0.25, 0.3) is 0 Å². The summed E-state index contributed by atoms with van der Waals surface area (Å²) in [5.41, 5.74) is 0.207. The zero-order valence-corrected chi connectivity index (χ0v) is 12.9. The van der Waals surface area contributed by atoms with Crippen LogP contribution in [0.4, 0.5) is 5.69 Å². The third-order valence-electron chi connectivity index (χ3n) is 2.43. The first-order valence-electron chi connectivity index (χ1n) is 6.71. The topological polar surface area (TPSA) is 77.0 Å². The minimum absolute atomic E-state index is 0.0254. The average Bonchev–Trinajstić information content (AvgIpc) is 2.42. The van der Waals surface area contributed by atoms with Crippen LogP contribution in [0.1, 0.15) is 20.8 Å². The predicted molar refractivity (Wildman–Crippen MR) is 79.9 cm³/mol. The molecule has 0 bridgehead atoms. The molecule has 0 radical (unpaired) electrons. The maximum atomic E-state index is 11.8. The fourth-order valence-corrected chi connectivity index (χ4v) is 1.50. The van der Waals surface area contributed by atoms with Gasteiger partial charge < -0.3 is 24.6 Å². The van der Waals surface area contributed by atoms with Crippen molar-refractivity contribution in [3.8, 4) is 11.5 Å². The van der Waals surface area contributed by atoms with Crippen LogP contribution in [-0.2, 0) is 9.53 Å². The Bertz CT molecular complexity index is 468. The van der Waals surface area contributed by atoms with Gasteiger partial charge in [0.2, 0.25) is 5.91 Å². The fraction of sp³-hybridized carbons (Fsp3) is 0.533. The van der Waals surface area contributed by atoms with Gasteiger partial charge in [0, 0.05) is 11.8 Å². The van der Waals surface area contributed by atoms with Gasteiger partial charge in [-0.2, -0.15) is 0 Å². The summed E-state index contributed by atoms with van der Waals surface area (Å²) in [6.07, 6.45) is 0. The highest BCUT2D eigenvalue weighted by atomic mass is 16.5. The number of aliphatic hydroxyl groups is 1. The van der Waals surface area contributed by atoms with Gasteiger partial charge in [0.15, 0.2) is 11.5 Å². The molecule has 0 saturated heterocycles. The summed E-state index contributed by atoms with van der Waals surface area (Å²) >= 11 is 0. The van der Waals surface area contributed by atoms with Crippen LogP contribution in [0.5, 0.6) is 11.5 Å². The lowest BCUT2D eigenvalue weighted by atomic mass is 10.2. The Morgan fingerprint density at radius 3 is 2.57 bits per heavy atom. The van der Waals surface area contributed by atoms with Crippen molar-refractivity contribution in [1.82, 2.24) is 0 Å². The van der Waals surface area contributed by atoms with Gasteiger partial charge in [-0.25, -0.2) is 0 Å². The third kappa shape index (κ3) is 6.46. The molecule has 0 heterocycles. The van der Waals surface area contributed by atoms with Crippen LogP contribution in [-0.4, -0.2) is 43.5 Å². The number of hydrogen-bond acceptors (Lipinski definition) is 5. The first kappa shape index (κ1) is 17.3. The molecule has 6 heteroatoms. The van der Waals surface area contributed by atoms with Gasteiger partial charge in [-0.1, -0.05) is 0 Å². The van der Waals surface area contributed by atoms with E-state index in [0.717, 1.165) is 0 Å². The molecule has 1 amide bonds. The van der Waals surface area contributed by atoms with E-state index in [-0.39, 0.29) is 31.3 Å². The van der Waals surface area contributed by atoms with Gasteiger partial charge in [-0.3, -0.25) is 4.79 Å². The molecule has 0 unspecified atom stereocenters. The van der Waals surface area contributed by atoms with Crippen molar-refractivity contribution in [1.29, 1.82) is 0 Å². The smallest absolute Gasteiger partial charge is 0.250 e. The van der Waals surface area contributed by atoms with Gasteiger partial charge in [-0.15, -0.1) is 0 Å². The first-order chi connectivity index (χ1) is 9.85. The molecule has 0 aliphatic carbocycles. The number of carbonyl (C=O) groups excluding carboxylic acids is 1. The fourth-order valence-electron chi connectivity index (χ4n) is 1.50. The minimum Gasteiger partial charge on any atom is -0.493 e. The number of carbonyl (C=O) groups is 1. The molecule has 2 N–H and O–H groups in total. The lowest BCUT2D eigenvalue weighted by Gasteiger charge is -2.19. The number of anilines is 1. The second kappa shape index (κ2) is 7.85. The highest BCUT2D eigenvalue weighted by Crippen LogP contribution is 2.30. The van der Waals surface area contributed by atoms with Crippen LogP contribution < -0.4 is 14.8 Å². The van der Waals surface area contributed by atoms with E-state index in [1.807, 2.05) is 20.8 Å². The summed E-state index contributed by atoms with van der Waals surface area (Å²) in [7, 11) is 1.52. The Morgan fingerprint density at radius 1 is 1.29 bits per heavy atom. The molecule has 1 aromatic carbocycles. The molecule has 21 heavy (non-hydrogen) atoms. The molecule has 1 rings (SSSR count). The van der Waals surface area contributed by atoms with E-state index in [1.165, 1.54) is 7.11 Å². The molecular weight excluding hydrogens is 274 g/mol. The molecule has 0 spiro atoms. The predicted octanol–water partition coefficient (Wildman–Crippen LogP) is 1.82. The lowest BCUT2D eigenvalue weighted by Crippen LogP contribution is -2.27. The monoisotopic (exact) mass is 297 g/mol. The van der Waals surface area contributed by atoms with Crippen molar-refractivity contribution >= 4 is 11.6 Å². The molecule has 0 aromatic heterocycles. The van der Waals surface area contributed by atoms with Crippen LogP contribution in [0.3, 0.4) is 0 Å². The third-order valence-corrected chi connectivity index (χ3v) is 2.43. The van der Waals surface area contributed by atoms with Crippen molar-refractivity contribution in [2.75, 3.05) is 32.2 Å². The summed E-state index contributed by atoms with van der Waals surface area (Å²) in [5.74, 6) is 0.747. The molecule has 0 saturated carbocycles. The first-order valence-corrected chi connectivity index (χ1v) is 6.71. The summed E-state index contributed by atoms with van der Waals surface area (Å²) in [6.45, 7) is 5.68. The Hall–Kier alpha value is -1.79. The Labute approximate surface area is 125 Å². The van der Waals surface area contributed by atoms with Crippen LogP contribution >= 0.6 is 0 Å². The number of nitrogens with one attached hydrogen (secondary N) is 1.